The largest absolute Gasteiger partial charge is 1.00 e. The van der Waals surface area contributed by atoms with Gasteiger partial charge >= 0.3 is 0 Å². The first kappa shape index (κ1) is 26.6. The topological polar surface area (TPSA) is 72.7 Å². The summed E-state index contributed by atoms with van der Waals surface area (Å²) in [4.78, 5) is 25.4. The van der Waals surface area contributed by atoms with Crippen LogP contribution < -0.4 is 21.7 Å². The molecule has 2 rings (SSSR count). The Labute approximate surface area is 195 Å². The smallest absolute Gasteiger partial charge is 0.269 e. The third-order valence-electron chi connectivity index (χ3n) is 5.80. The number of benzene rings is 2. The molecule has 0 N–H and O–H groups in total. The molecular weight excluding hydrogens is 462 g/mol. The van der Waals surface area contributed by atoms with Gasteiger partial charge in [0.1, 0.15) is 5.75 Å². The van der Waals surface area contributed by atoms with Crippen LogP contribution in [0.3, 0.4) is 0 Å². The fourth-order valence-electron chi connectivity index (χ4n) is 3.30. The highest BCUT2D eigenvalue weighted by molar-refractivity contribution is 5.94. The fraction of sp³-hybridized carbons (Fsp3) is 0.435. The average molecular weight is 494 g/mol. The summed E-state index contributed by atoms with van der Waals surface area (Å²) in [5.74, 6) is 0.647. The van der Waals surface area contributed by atoms with Crippen molar-refractivity contribution in [2.75, 3.05) is 40.3 Å². The van der Waals surface area contributed by atoms with Gasteiger partial charge < -0.3 is 31.1 Å². The predicted octanol–water partition coefficient (Wildman–Crippen LogP) is 1.13. The summed E-state index contributed by atoms with van der Waals surface area (Å²) in [7, 11) is 3.85. The van der Waals surface area contributed by atoms with Gasteiger partial charge in [-0.2, -0.15) is 0 Å². The highest BCUT2D eigenvalue weighted by atomic mass is 79.9. The van der Waals surface area contributed by atoms with Crippen LogP contribution in [0, 0.1) is 10.1 Å². The first-order valence-electron chi connectivity index (χ1n) is 10.3. The second-order valence-corrected chi connectivity index (χ2v) is 7.71. The molecule has 1 amide bonds. The first-order valence-corrected chi connectivity index (χ1v) is 10.3. The van der Waals surface area contributed by atoms with E-state index < -0.39 is 4.92 Å². The molecule has 0 unspecified atom stereocenters. The van der Waals surface area contributed by atoms with Crippen molar-refractivity contribution >= 4 is 11.6 Å². The molecule has 0 fully saturated rings. The zero-order valence-corrected chi connectivity index (χ0v) is 20.3. The highest BCUT2D eigenvalue weighted by Crippen LogP contribution is 2.18. The number of quaternary nitrogens is 1. The number of rotatable bonds is 11. The van der Waals surface area contributed by atoms with E-state index in [4.69, 9.17) is 4.74 Å². The van der Waals surface area contributed by atoms with Gasteiger partial charge in [0.15, 0.2) is 0 Å². The van der Waals surface area contributed by atoms with Crippen LogP contribution in [0.1, 0.15) is 36.2 Å². The summed E-state index contributed by atoms with van der Waals surface area (Å²) in [5, 5.41) is 10.9. The second-order valence-electron chi connectivity index (χ2n) is 7.71. The summed E-state index contributed by atoms with van der Waals surface area (Å²) >= 11 is 0. The van der Waals surface area contributed by atoms with Crippen LogP contribution in [0.25, 0.3) is 0 Å². The summed E-state index contributed by atoms with van der Waals surface area (Å²) in [6.07, 6.45) is 0.882. The molecule has 0 heterocycles. The van der Waals surface area contributed by atoms with Crippen molar-refractivity contribution in [2.45, 2.75) is 26.8 Å². The summed E-state index contributed by atoms with van der Waals surface area (Å²) < 4.78 is 6.17. The molecule has 0 aliphatic rings. The normalized spacial score (nSPS) is 10.8. The summed E-state index contributed by atoms with van der Waals surface area (Å²) in [6, 6.07) is 13.5. The third kappa shape index (κ3) is 7.63. The van der Waals surface area contributed by atoms with E-state index in [2.05, 4.69) is 20.9 Å². The molecule has 0 aliphatic heterocycles. The zero-order chi connectivity index (χ0) is 22.1. The van der Waals surface area contributed by atoms with Crippen LogP contribution in [0.2, 0.25) is 0 Å². The minimum atomic E-state index is -0.461. The molecule has 0 spiro atoms. The third-order valence-corrected chi connectivity index (χ3v) is 5.80. The lowest BCUT2D eigenvalue weighted by Gasteiger charge is -2.33. The van der Waals surface area contributed by atoms with Gasteiger partial charge in [0.05, 0.1) is 38.7 Å². The van der Waals surface area contributed by atoms with Gasteiger partial charge in [-0.25, -0.2) is 0 Å². The average Bonchev–Trinajstić information content (AvgIpc) is 2.78. The number of nitro groups is 1. The van der Waals surface area contributed by atoms with Gasteiger partial charge in [-0.3, -0.25) is 14.9 Å². The molecule has 7 nitrogen and oxygen atoms in total. The molecule has 0 saturated carbocycles. The number of methoxy groups -OCH3 is 1. The Bertz CT molecular complexity index is 837. The Morgan fingerprint density at radius 3 is 2.13 bits per heavy atom. The Kier molecular flexibility index (Phi) is 10.6. The molecule has 2 aromatic rings. The number of ether oxygens (including phenoxy) is 1. The van der Waals surface area contributed by atoms with E-state index in [0.29, 0.717) is 18.7 Å². The quantitative estimate of drug-likeness (QED) is 0.267. The lowest BCUT2D eigenvalue weighted by molar-refractivity contribution is -0.906. The molecule has 2 aromatic carbocycles. The van der Waals surface area contributed by atoms with Gasteiger partial charge in [-0.05, 0) is 43.7 Å². The van der Waals surface area contributed by atoms with E-state index in [1.807, 2.05) is 29.2 Å². The zero-order valence-electron chi connectivity index (χ0n) is 18.7. The molecule has 0 saturated heterocycles. The minimum Gasteiger partial charge on any atom is -1.00 e. The summed E-state index contributed by atoms with van der Waals surface area (Å²) in [6.45, 7) is 8.54. The maximum absolute atomic E-state index is 13.2. The maximum atomic E-state index is 13.2. The monoisotopic (exact) mass is 493 g/mol. The standard InChI is InChI=1S/C23H32N3O4.BrH/c1-5-26(3,6-2)17-7-16-24(18-19-8-14-22(30-4)15-9-19)23(27)20-10-12-21(13-11-20)25(28)29;/h8-15H,5-7,16-18H2,1-4H3;1H/q+1;/p-1. The van der Waals surface area contributed by atoms with Gasteiger partial charge in [0.25, 0.3) is 11.6 Å². The Morgan fingerprint density at radius 1 is 1.06 bits per heavy atom. The summed E-state index contributed by atoms with van der Waals surface area (Å²) in [5.41, 5.74) is 1.44. The van der Waals surface area contributed by atoms with Crippen molar-refractivity contribution in [3.8, 4) is 5.75 Å². The van der Waals surface area contributed by atoms with Crippen molar-refractivity contribution in [1.29, 1.82) is 0 Å². The number of nitro benzene ring substituents is 1. The minimum absolute atomic E-state index is 0. The Morgan fingerprint density at radius 2 is 1.65 bits per heavy atom. The molecule has 31 heavy (non-hydrogen) atoms. The second kappa shape index (κ2) is 12.4. The van der Waals surface area contributed by atoms with Gasteiger partial charge in [-0.1, -0.05) is 12.1 Å². The number of carbonyl (C=O) groups excluding carboxylic acids is 1. The number of carbonyl (C=O) groups is 1. The predicted molar refractivity (Wildman–Crippen MR) is 118 cm³/mol. The lowest BCUT2D eigenvalue weighted by Crippen LogP contribution is -3.00. The van der Waals surface area contributed by atoms with Crippen LogP contribution in [-0.4, -0.2) is 60.5 Å². The van der Waals surface area contributed by atoms with Crippen LogP contribution in [-0.2, 0) is 6.54 Å². The van der Waals surface area contributed by atoms with Gasteiger partial charge in [0.2, 0.25) is 0 Å². The molecule has 0 bridgehead atoms. The molecule has 8 heteroatoms. The Hall–Kier alpha value is -2.45. The number of halogens is 1. The molecule has 0 aromatic heterocycles. The van der Waals surface area contributed by atoms with E-state index >= 15 is 0 Å². The van der Waals surface area contributed by atoms with E-state index in [-0.39, 0.29) is 28.6 Å². The van der Waals surface area contributed by atoms with Crippen LogP contribution in [0.5, 0.6) is 5.75 Å². The van der Waals surface area contributed by atoms with Gasteiger partial charge in [-0.15, -0.1) is 0 Å². The van der Waals surface area contributed by atoms with E-state index in [1.54, 1.807) is 7.11 Å². The SMILES string of the molecule is CC[N+](C)(CC)CCCN(Cc1ccc(OC)cc1)C(=O)c1ccc([N+](=O)[O-])cc1.[Br-]. The van der Waals surface area contributed by atoms with Crippen molar-refractivity contribution in [3.05, 3.63) is 69.8 Å². The van der Waals surface area contributed by atoms with E-state index in [1.165, 1.54) is 24.3 Å². The van der Waals surface area contributed by atoms with Crippen molar-refractivity contribution in [1.82, 2.24) is 4.90 Å². The lowest BCUT2D eigenvalue weighted by atomic mass is 10.1. The van der Waals surface area contributed by atoms with Crippen molar-refractivity contribution in [2.24, 2.45) is 0 Å². The number of hydrogen-bond donors (Lipinski definition) is 0. The number of amides is 1. The Balaban J connectivity index is 0.00000480. The first-order chi connectivity index (χ1) is 14.3. The van der Waals surface area contributed by atoms with Crippen molar-refractivity contribution < 1.29 is 35.9 Å². The molecule has 0 radical (unpaired) electrons. The number of non-ortho nitro benzene ring substituents is 1. The van der Waals surface area contributed by atoms with Crippen molar-refractivity contribution in [3.63, 3.8) is 0 Å². The van der Waals surface area contributed by atoms with Gasteiger partial charge in [0, 0.05) is 37.2 Å². The van der Waals surface area contributed by atoms with Crippen LogP contribution >= 0.6 is 0 Å². The highest BCUT2D eigenvalue weighted by Gasteiger charge is 2.20. The molecule has 170 valence electrons. The molecular formula is C23H32BrN3O4. The maximum Gasteiger partial charge on any atom is 0.269 e. The van der Waals surface area contributed by atoms with Crippen LogP contribution in [0.15, 0.2) is 48.5 Å². The number of nitrogens with zero attached hydrogens (tertiary/aromatic N) is 3. The fourth-order valence-corrected chi connectivity index (χ4v) is 3.30. The number of hydrogen-bond acceptors (Lipinski definition) is 4. The van der Waals surface area contributed by atoms with E-state index in [0.717, 1.165) is 41.9 Å². The molecule has 0 atom stereocenters. The van der Waals surface area contributed by atoms with Crippen LogP contribution in [0.4, 0.5) is 5.69 Å². The van der Waals surface area contributed by atoms with E-state index in [9.17, 15) is 14.9 Å². The molecule has 0 aliphatic carbocycles.